The summed E-state index contributed by atoms with van der Waals surface area (Å²) in [5.74, 6) is 1.21. The second-order valence-corrected chi connectivity index (χ2v) is 5.90. The van der Waals surface area contributed by atoms with Crippen LogP contribution in [-0.2, 0) is 7.05 Å². The van der Waals surface area contributed by atoms with Gasteiger partial charge in [-0.25, -0.2) is 4.79 Å². The third-order valence-corrected chi connectivity index (χ3v) is 4.28. The van der Waals surface area contributed by atoms with Crippen molar-refractivity contribution in [1.29, 1.82) is 0 Å². The fourth-order valence-electron chi connectivity index (χ4n) is 3.09. The monoisotopic (exact) mass is 360 g/mol. The van der Waals surface area contributed by atoms with Gasteiger partial charge in [0.05, 0.1) is 20.3 Å². The standard InChI is InChI=1S/C17H20N4O5/c1-20-9-11-12(18-17(23)24)6-7-21(15(11)19-20)16(22)10-4-5-13(25-2)14(8-10)26-3/h4-5,8-9,12,18H,6-7H2,1-3H3,(H,23,24). The Balaban J connectivity index is 1.94. The van der Waals surface area contributed by atoms with Crippen molar-refractivity contribution < 1.29 is 24.2 Å². The van der Waals surface area contributed by atoms with Crippen molar-refractivity contribution in [3.8, 4) is 11.5 Å². The normalized spacial score (nSPS) is 16.0. The number of nitrogens with zero attached hydrogens (tertiary/aromatic N) is 3. The summed E-state index contributed by atoms with van der Waals surface area (Å²) in [7, 11) is 4.76. The van der Waals surface area contributed by atoms with E-state index in [0.717, 1.165) is 0 Å². The van der Waals surface area contributed by atoms with Gasteiger partial charge in [-0.1, -0.05) is 0 Å². The van der Waals surface area contributed by atoms with Gasteiger partial charge in [-0.2, -0.15) is 5.10 Å². The average molecular weight is 360 g/mol. The molecule has 1 aromatic heterocycles. The number of hydrogen-bond acceptors (Lipinski definition) is 5. The SMILES string of the molecule is COc1ccc(C(=O)N2CCC(NC(=O)O)c3cn(C)nc32)cc1OC. The number of amides is 2. The lowest BCUT2D eigenvalue weighted by Crippen LogP contribution is -2.40. The predicted octanol–water partition coefficient (Wildman–Crippen LogP) is 1.80. The highest BCUT2D eigenvalue weighted by molar-refractivity contribution is 6.06. The molecule has 26 heavy (non-hydrogen) atoms. The predicted molar refractivity (Wildman–Crippen MR) is 92.9 cm³/mol. The molecule has 1 aromatic carbocycles. The number of fused-ring (bicyclic) bond motifs is 1. The highest BCUT2D eigenvalue weighted by atomic mass is 16.5. The number of nitrogens with one attached hydrogen (secondary N) is 1. The summed E-state index contributed by atoms with van der Waals surface area (Å²) < 4.78 is 12.0. The van der Waals surface area contributed by atoms with Gasteiger partial charge in [0.25, 0.3) is 5.91 Å². The maximum atomic E-state index is 13.0. The Labute approximate surface area is 150 Å². The lowest BCUT2D eigenvalue weighted by atomic mass is 10.0. The van der Waals surface area contributed by atoms with E-state index in [1.807, 2.05) is 0 Å². The van der Waals surface area contributed by atoms with Gasteiger partial charge >= 0.3 is 6.09 Å². The van der Waals surface area contributed by atoms with Crippen molar-refractivity contribution in [3.63, 3.8) is 0 Å². The van der Waals surface area contributed by atoms with E-state index in [1.54, 1.807) is 41.0 Å². The molecule has 3 rings (SSSR count). The summed E-state index contributed by atoms with van der Waals surface area (Å²) >= 11 is 0. The maximum Gasteiger partial charge on any atom is 0.405 e. The van der Waals surface area contributed by atoms with Gasteiger partial charge in [-0.3, -0.25) is 14.4 Å². The minimum absolute atomic E-state index is 0.236. The Kier molecular flexibility index (Phi) is 4.70. The largest absolute Gasteiger partial charge is 0.493 e. The molecule has 2 N–H and O–H groups in total. The summed E-state index contributed by atoms with van der Waals surface area (Å²) in [6.45, 7) is 0.349. The van der Waals surface area contributed by atoms with Crippen molar-refractivity contribution in [2.75, 3.05) is 25.7 Å². The molecule has 0 spiro atoms. The third-order valence-electron chi connectivity index (χ3n) is 4.28. The Morgan fingerprint density at radius 3 is 2.65 bits per heavy atom. The second-order valence-electron chi connectivity index (χ2n) is 5.90. The summed E-state index contributed by atoms with van der Waals surface area (Å²) in [6.07, 6.45) is 1.08. The molecule has 1 unspecified atom stereocenters. The molecule has 2 heterocycles. The average Bonchev–Trinajstić information content (AvgIpc) is 3.02. The van der Waals surface area contributed by atoms with E-state index in [0.29, 0.717) is 41.4 Å². The number of rotatable bonds is 4. The molecule has 138 valence electrons. The van der Waals surface area contributed by atoms with E-state index < -0.39 is 12.1 Å². The summed E-state index contributed by atoms with van der Waals surface area (Å²) in [6, 6.07) is 4.55. The van der Waals surface area contributed by atoms with E-state index >= 15 is 0 Å². The van der Waals surface area contributed by atoms with Crippen molar-refractivity contribution in [3.05, 3.63) is 35.5 Å². The molecule has 2 amide bonds. The van der Waals surface area contributed by atoms with Crippen LogP contribution in [0.25, 0.3) is 0 Å². The number of carbonyl (C=O) groups is 2. The topological polar surface area (TPSA) is 106 Å². The van der Waals surface area contributed by atoms with Gasteiger partial charge in [0.2, 0.25) is 0 Å². The number of methoxy groups -OCH3 is 2. The van der Waals surface area contributed by atoms with E-state index in [1.165, 1.54) is 14.2 Å². The highest BCUT2D eigenvalue weighted by Gasteiger charge is 2.33. The molecule has 9 heteroatoms. The first-order chi connectivity index (χ1) is 12.4. The number of aromatic nitrogens is 2. The zero-order valence-corrected chi connectivity index (χ0v) is 14.7. The van der Waals surface area contributed by atoms with E-state index in [2.05, 4.69) is 10.4 Å². The summed E-state index contributed by atoms with van der Waals surface area (Å²) in [5.41, 5.74) is 1.11. The van der Waals surface area contributed by atoms with Crippen LogP contribution in [0.15, 0.2) is 24.4 Å². The Morgan fingerprint density at radius 1 is 1.27 bits per heavy atom. The van der Waals surface area contributed by atoms with Crippen molar-refractivity contribution in [2.24, 2.45) is 7.05 Å². The number of carboxylic acid groups (broad SMARTS) is 1. The Bertz CT molecular complexity index is 848. The van der Waals surface area contributed by atoms with Crippen LogP contribution in [0, 0.1) is 0 Å². The lowest BCUT2D eigenvalue weighted by molar-refractivity contribution is 0.0982. The van der Waals surface area contributed by atoms with Crippen LogP contribution in [-0.4, -0.2) is 47.7 Å². The molecule has 0 aliphatic carbocycles. The number of hydrogen-bond donors (Lipinski definition) is 2. The minimum Gasteiger partial charge on any atom is -0.493 e. The molecule has 0 radical (unpaired) electrons. The van der Waals surface area contributed by atoms with Crippen LogP contribution < -0.4 is 19.7 Å². The van der Waals surface area contributed by atoms with Gasteiger partial charge < -0.3 is 19.9 Å². The van der Waals surface area contributed by atoms with Gasteiger partial charge in [0.1, 0.15) is 0 Å². The number of benzene rings is 1. The second kappa shape index (κ2) is 6.95. The Morgan fingerprint density at radius 2 is 2.00 bits per heavy atom. The molecule has 1 atom stereocenters. The van der Waals surface area contributed by atoms with E-state index in [9.17, 15) is 9.59 Å². The Hall–Kier alpha value is -3.23. The molecule has 9 nitrogen and oxygen atoms in total. The van der Waals surface area contributed by atoms with Crippen molar-refractivity contribution >= 4 is 17.8 Å². The summed E-state index contributed by atoms with van der Waals surface area (Å²) in [5, 5.41) is 15.8. The van der Waals surface area contributed by atoms with Gasteiger partial charge in [0.15, 0.2) is 17.3 Å². The number of anilines is 1. The molecule has 0 fully saturated rings. The van der Waals surface area contributed by atoms with Gasteiger partial charge in [-0.05, 0) is 24.6 Å². The lowest BCUT2D eigenvalue weighted by Gasteiger charge is -2.30. The zero-order chi connectivity index (χ0) is 18.8. The first-order valence-corrected chi connectivity index (χ1v) is 8.01. The molecule has 0 saturated carbocycles. The fraction of sp³-hybridized carbons (Fsp3) is 0.353. The van der Waals surface area contributed by atoms with Crippen LogP contribution in [0.1, 0.15) is 28.4 Å². The van der Waals surface area contributed by atoms with Crippen LogP contribution in [0.2, 0.25) is 0 Å². The van der Waals surface area contributed by atoms with Crippen molar-refractivity contribution in [1.82, 2.24) is 15.1 Å². The van der Waals surface area contributed by atoms with Crippen LogP contribution in [0.4, 0.5) is 10.6 Å². The van der Waals surface area contributed by atoms with Crippen LogP contribution >= 0.6 is 0 Å². The minimum atomic E-state index is -1.11. The smallest absolute Gasteiger partial charge is 0.405 e. The molecular formula is C17H20N4O5. The molecule has 1 aliphatic rings. The molecular weight excluding hydrogens is 340 g/mol. The van der Waals surface area contributed by atoms with E-state index in [4.69, 9.17) is 14.6 Å². The number of aryl methyl sites for hydroxylation is 1. The molecule has 2 aromatic rings. The third kappa shape index (κ3) is 3.15. The number of carbonyl (C=O) groups excluding carboxylic acids is 1. The fourth-order valence-corrected chi connectivity index (χ4v) is 3.09. The van der Waals surface area contributed by atoms with Gasteiger partial charge in [0, 0.05) is 30.9 Å². The molecule has 0 bridgehead atoms. The van der Waals surface area contributed by atoms with Gasteiger partial charge in [-0.15, -0.1) is 0 Å². The first kappa shape index (κ1) is 17.6. The summed E-state index contributed by atoms with van der Waals surface area (Å²) in [4.78, 5) is 25.6. The van der Waals surface area contributed by atoms with Crippen molar-refractivity contribution in [2.45, 2.75) is 12.5 Å². The number of ether oxygens (including phenoxy) is 2. The van der Waals surface area contributed by atoms with Crippen LogP contribution in [0.3, 0.4) is 0 Å². The quantitative estimate of drug-likeness (QED) is 0.861. The van der Waals surface area contributed by atoms with E-state index in [-0.39, 0.29) is 5.91 Å². The van der Waals surface area contributed by atoms with Crippen LogP contribution in [0.5, 0.6) is 11.5 Å². The highest BCUT2D eigenvalue weighted by Crippen LogP contribution is 2.34. The molecule has 1 aliphatic heterocycles. The molecule has 0 saturated heterocycles. The zero-order valence-electron chi connectivity index (χ0n) is 14.7. The first-order valence-electron chi connectivity index (χ1n) is 8.01. The maximum absolute atomic E-state index is 13.0.